The van der Waals surface area contributed by atoms with Crippen LogP contribution in [0.25, 0.3) is 0 Å². The summed E-state index contributed by atoms with van der Waals surface area (Å²) in [6.45, 7) is 5.03. The van der Waals surface area contributed by atoms with Gasteiger partial charge in [-0.3, -0.25) is 0 Å². The summed E-state index contributed by atoms with van der Waals surface area (Å²) < 4.78 is 15.1. The van der Waals surface area contributed by atoms with E-state index in [-0.39, 0.29) is 13.2 Å². The van der Waals surface area contributed by atoms with Crippen LogP contribution in [0, 0.1) is 0 Å². The Morgan fingerprint density at radius 3 is 1.61 bits per heavy atom. The molecule has 0 saturated carbocycles. The summed E-state index contributed by atoms with van der Waals surface area (Å²) in [5, 5.41) is 20.2. The number of carboxylic acid groups (broad SMARTS) is 2. The van der Waals surface area contributed by atoms with Gasteiger partial charge in [-0.1, -0.05) is 40.2 Å². The van der Waals surface area contributed by atoms with Gasteiger partial charge in [0.15, 0.2) is 13.2 Å². The zero-order valence-corrected chi connectivity index (χ0v) is 20.3. The first-order valence-corrected chi connectivity index (χ1v) is 11.0. The Bertz CT molecular complexity index is 892. The van der Waals surface area contributed by atoms with Gasteiger partial charge < -0.3 is 29.7 Å². The van der Waals surface area contributed by atoms with E-state index in [9.17, 15) is 14.4 Å². The Balaban J connectivity index is 0.000000361. The highest BCUT2D eigenvalue weighted by Gasteiger charge is 2.15. The van der Waals surface area contributed by atoms with E-state index in [1.165, 1.54) is 0 Å². The molecule has 0 fully saturated rings. The van der Waals surface area contributed by atoms with Gasteiger partial charge in [0, 0.05) is 11.9 Å². The fourth-order valence-corrected chi connectivity index (χ4v) is 2.53. The summed E-state index contributed by atoms with van der Waals surface area (Å²) in [5.41, 5.74) is 1.46. The van der Waals surface area contributed by atoms with Crippen molar-refractivity contribution < 1.29 is 38.8 Å². The van der Waals surface area contributed by atoms with Gasteiger partial charge in [-0.25, -0.2) is 14.4 Å². The number of hydrogen-bond acceptors (Lipinski definition) is 6. The van der Waals surface area contributed by atoms with Crippen molar-refractivity contribution in [2.75, 3.05) is 13.2 Å². The molecule has 0 heterocycles. The standard InChI is InChI=1S/C14H19NO5.C9H9BrO3/c1-14(2,3)20-13(18)15-8-10-4-6-11(7-5-10)19-9-12(16)17;10-5-7-1-3-8(4-2-7)13-6-9(11)12/h4-7H,8-9H2,1-3H3,(H,15,18)(H,16,17);1-4H,5-6H2,(H,11,12). The number of nitrogens with one attached hydrogen (secondary N) is 1. The fourth-order valence-electron chi connectivity index (χ4n) is 2.16. The van der Waals surface area contributed by atoms with Crippen LogP contribution in [-0.2, 0) is 26.2 Å². The Labute approximate surface area is 200 Å². The van der Waals surface area contributed by atoms with Crippen molar-refractivity contribution in [1.29, 1.82) is 0 Å². The number of rotatable bonds is 9. The average Bonchev–Trinajstić information content (AvgIpc) is 2.75. The SMILES string of the molecule is CC(C)(C)OC(=O)NCc1ccc(OCC(=O)O)cc1.O=C(O)COc1ccc(CBr)cc1. The molecule has 0 aliphatic rings. The first-order valence-electron chi connectivity index (χ1n) is 9.88. The van der Waals surface area contributed by atoms with Gasteiger partial charge in [0.05, 0.1) is 0 Å². The van der Waals surface area contributed by atoms with Crippen LogP contribution in [0.3, 0.4) is 0 Å². The van der Waals surface area contributed by atoms with Gasteiger partial charge in [0.1, 0.15) is 17.1 Å². The van der Waals surface area contributed by atoms with Gasteiger partial charge in [-0.05, 0) is 56.2 Å². The summed E-state index contributed by atoms with van der Waals surface area (Å²) in [6.07, 6.45) is -0.483. The van der Waals surface area contributed by atoms with Crippen molar-refractivity contribution in [3.8, 4) is 11.5 Å². The molecule has 0 saturated heterocycles. The normalized spacial score (nSPS) is 10.3. The van der Waals surface area contributed by atoms with E-state index in [1.807, 2.05) is 12.1 Å². The number of carbonyl (C=O) groups excluding carboxylic acids is 1. The molecule has 0 aromatic heterocycles. The lowest BCUT2D eigenvalue weighted by Crippen LogP contribution is -2.32. The van der Waals surface area contributed by atoms with E-state index in [0.29, 0.717) is 18.0 Å². The van der Waals surface area contributed by atoms with Crippen molar-refractivity contribution in [1.82, 2.24) is 5.32 Å². The predicted octanol–water partition coefficient (Wildman–Crippen LogP) is 4.22. The van der Waals surface area contributed by atoms with Crippen LogP contribution in [0.5, 0.6) is 11.5 Å². The zero-order chi connectivity index (χ0) is 24.9. The Kier molecular flexibility index (Phi) is 11.8. The maximum absolute atomic E-state index is 11.5. The molecule has 0 unspecified atom stereocenters. The van der Waals surface area contributed by atoms with Crippen molar-refractivity contribution in [2.24, 2.45) is 0 Å². The molecule has 2 aromatic carbocycles. The number of ether oxygens (including phenoxy) is 3. The van der Waals surface area contributed by atoms with Gasteiger partial charge in [0.25, 0.3) is 0 Å². The average molecular weight is 526 g/mol. The van der Waals surface area contributed by atoms with Crippen molar-refractivity contribution in [3.63, 3.8) is 0 Å². The molecule has 0 atom stereocenters. The van der Waals surface area contributed by atoms with Crippen LogP contribution >= 0.6 is 15.9 Å². The molecule has 9 nitrogen and oxygen atoms in total. The number of carbonyl (C=O) groups is 3. The first kappa shape index (κ1) is 27.8. The lowest BCUT2D eigenvalue weighted by molar-refractivity contribution is -0.140. The number of carboxylic acids is 2. The Morgan fingerprint density at radius 1 is 0.818 bits per heavy atom. The van der Waals surface area contributed by atoms with E-state index in [1.54, 1.807) is 57.2 Å². The monoisotopic (exact) mass is 525 g/mol. The van der Waals surface area contributed by atoms with Crippen LogP contribution in [0.4, 0.5) is 4.79 Å². The first-order chi connectivity index (χ1) is 15.5. The molecule has 10 heteroatoms. The van der Waals surface area contributed by atoms with Gasteiger partial charge in [-0.15, -0.1) is 0 Å². The molecular weight excluding hydrogens is 498 g/mol. The summed E-state index contributed by atoms with van der Waals surface area (Å²) in [6, 6.07) is 14.0. The molecule has 0 spiro atoms. The van der Waals surface area contributed by atoms with Crippen LogP contribution in [0.15, 0.2) is 48.5 Å². The lowest BCUT2D eigenvalue weighted by Gasteiger charge is -2.19. The highest BCUT2D eigenvalue weighted by molar-refractivity contribution is 9.08. The van der Waals surface area contributed by atoms with Crippen LogP contribution in [0.1, 0.15) is 31.9 Å². The number of alkyl halides is 1. The third kappa shape index (κ3) is 13.7. The van der Waals surface area contributed by atoms with Gasteiger partial charge in [-0.2, -0.15) is 0 Å². The maximum Gasteiger partial charge on any atom is 0.407 e. The second-order valence-corrected chi connectivity index (χ2v) is 8.20. The van der Waals surface area contributed by atoms with Crippen molar-refractivity contribution in [3.05, 3.63) is 59.7 Å². The number of hydrogen-bond donors (Lipinski definition) is 3. The fraction of sp³-hybridized carbons (Fsp3) is 0.348. The van der Waals surface area contributed by atoms with Gasteiger partial charge >= 0.3 is 18.0 Å². The van der Waals surface area contributed by atoms with E-state index in [0.717, 1.165) is 16.5 Å². The number of aliphatic carboxylic acids is 2. The summed E-state index contributed by atoms with van der Waals surface area (Å²) in [5.74, 6) is -0.953. The summed E-state index contributed by atoms with van der Waals surface area (Å²) in [7, 11) is 0. The van der Waals surface area contributed by atoms with Gasteiger partial charge in [0.2, 0.25) is 0 Å². The number of benzene rings is 2. The smallest absolute Gasteiger partial charge is 0.407 e. The third-order valence-electron chi connectivity index (χ3n) is 3.56. The molecule has 0 radical (unpaired) electrons. The second-order valence-electron chi connectivity index (χ2n) is 7.64. The predicted molar refractivity (Wildman–Crippen MR) is 125 cm³/mol. The summed E-state index contributed by atoms with van der Waals surface area (Å²) >= 11 is 3.31. The highest BCUT2D eigenvalue weighted by Crippen LogP contribution is 2.14. The molecule has 180 valence electrons. The molecule has 0 bridgehead atoms. The molecule has 33 heavy (non-hydrogen) atoms. The Hall–Kier alpha value is -3.27. The van der Waals surface area contributed by atoms with E-state index in [4.69, 9.17) is 24.4 Å². The molecule has 3 N–H and O–H groups in total. The van der Waals surface area contributed by atoms with Crippen molar-refractivity contribution >= 4 is 34.0 Å². The number of amides is 1. The van der Waals surface area contributed by atoms with Crippen LogP contribution in [0.2, 0.25) is 0 Å². The van der Waals surface area contributed by atoms with E-state index in [2.05, 4.69) is 21.2 Å². The quantitative estimate of drug-likeness (QED) is 0.414. The topological polar surface area (TPSA) is 131 Å². The largest absolute Gasteiger partial charge is 0.482 e. The van der Waals surface area contributed by atoms with Crippen LogP contribution in [-0.4, -0.2) is 47.1 Å². The molecule has 0 aliphatic heterocycles. The second kappa shape index (κ2) is 14.0. The molecule has 2 rings (SSSR count). The molecule has 2 aromatic rings. The minimum absolute atomic E-state index is 0.298. The van der Waals surface area contributed by atoms with Crippen LogP contribution < -0.4 is 14.8 Å². The Morgan fingerprint density at radius 2 is 1.24 bits per heavy atom. The maximum atomic E-state index is 11.5. The summed E-state index contributed by atoms with van der Waals surface area (Å²) in [4.78, 5) is 32.0. The molecule has 1 amide bonds. The minimum atomic E-state index is -1.03. The third-order valence-corrected chi connectivity index (χ3v) is 4.21. The number of halogens is 1. The zero-order valence-electron chi connectivity index (χ0n) is 18.7. The lowest BCUT2D eigenvalue weighted by atomic mass is 10.2. The highest BCUT2D eigenvalue weighted by atomic mass is 79.9. The van der Waals surface area contributed by atoms with E-state index >= 15 is 0 Å². The molecule has 0 aliphatic carbocycles. The van der Waals surface area contributed by atoms with Crippen molar-refractivity contribution in [2.45, 2.75) is 38.2 Å². The minimum Gasteiger partial charge on any atom is -0.482 e. The molecular formula is C23H28BrNO8. The number of alkyl carbamates (subject to hydrolysis) is 1. The van der Waals surface area contributed by atoms with E-state index < -0.39 is 23.6 Å².